The first-order valence-corrected chi connectivity index (χ1v) is 6.64. The molecule has 0 spiro atoms. The number of furan rings is 1. The number of carbonyl (C=O) groups excluding carboxylic acids is 1. The molecular weight excluding hydrogens is 258 g/mol. The highest BCUT2D eigenvalue weighted by atomic mass is 16.4. The number of fused-ring (bicyclic) bond motifs is 1. The van der Waals surface area contributed by atoms with E-state index in [9.17, 15) is 14.7 Å². The summed E-state index contributed by atoms with van der Waals surface area (Å²) in [6.07, 6.45) is 3.97. The van der Waals surface area contributed by atoms with Crippen molar-refractivity contribution < 1.29 is 19.1 Å². The number of carboxylic acids is 1. The van der Waals surface area contributed by atoms with Gasteiger partial charge in [-0.05, 0) is 18.9 Å². The topological polar surface area (TPSA) is 79.5 Å². The second kappa shape index (κ2) is 4.67. The molecule has 0 aliphatic heterocycles. The molecule has 0 saturated heterocycles. The maximum Gasteiger partial charge on any atom is 0.329 e. The van der Waals surface area contributed by atoms with Crippen molar-refractivity contribution >= 4 is 22.8 Å². The van der Waals surface area contributed by atoms with Gasteiger partial charge in [-0.25, -0.2) is 4.79 Å². The van der Waals surface area contributed by atoms with Crippen molar-refractivity contribution in [2.24, 2.45) is 0 Å². The summed E-state index contributed by atoms with van der Waals surface area (Å²) in [6, 6.07) is 7.20. The van der Waals surface area contributed by atoms with Gasteiger partial charge < -0.3 is 14.8 Å². The van der Waals surface area contributed by atoms with Gasteiger partial charge in [-0.15, -0.1) is 0 Å². The number of rotatable bonds is 3. The Morgan fingerprint density at radius 3 is 2.60 bits per heavy atom. The first kappa shape index (κ1) is 12.7. The number of para-hydroxylation sites is 1. The van der Waals surface area contributed by atoms with Gasteiger partial charge in [-0.3, -0.25) is 4.79 Å². The lowest BCUT2D eigenvalue weighted by molar-refractivity contribution is -0.144. The van der Waals surface area contributed by atoms with Crippen LogP contribution in [0.15, 0.2) is 34.9 Å². The Balaban J connectivity index is 1.91. The van der Waals surface area contributed by atoms with Crippen LogP contribution in [-0.4, -0.2) is 22.5 Å². The van der Waals surface area contributed by atoms with Crippen molar-refractivity contribution in [2.75, 3.05) is 0 Å². The Hall–Kier alpha value is -2.30. The lowest BCUT2D eigenvalue weighted by Gasteiger charge is -2.25. The fourth-order valence-corrected chi connectivity index (χ4v) is 2.81. The van der Waals surface area contributed by atoms with Crippen LogP contribution < -0.4 is 5.32 Å². The SMILES string of the molecule is O=C(NC1(C(=O)O)CCCC1)c1coc2ccccc12. The predicted octanol–water partition coefficient (Wildman–Crippen LogP) is 2.56. The number of benzene rings is 1. The fraction of sp³-hybridized carbons (Fsp3) is 0.333. The predicted molar refractivity (Wildman–Crippen MR) is 72.5 cm³/mol. The second-order valence-electron chi connectivity index (χ2n) is 5.19. The van der Waals surface area contributed by atoms with Crippen LogP contribution in [0, 0.1) is 0 Å². The summed E-state index contributed by atoms with van der Waals surface area (Å²) >= 11 is 0. The summed E-state index contributed by atoms with van der Waals surface area (Å²) in [6.45, 7) is 0. The number of hydrogen-bond acceptors (Lipinski definition) is 3. The highest BCUT2D eigenvalue weighted by Crippen LogP contribution is 2.31. The van der Waals surface area contributed by atoms with Crippen molar-refractivity contribution in [3.63, 3.8) is 0 Å². The molecule has 1 amide bonds. The van der Waals surface area contributed by atoms with Gasteiger partial charge in [0.25, 0.3) is 5.91 Å². The smallest absolute Gasteiger partial charge is 0.329 e. The van der Waals surface area contributed by atoms with Crippen molar-refractivity contribution in [3.8, 4) is 0 Å². The van der Waals surface area contributed by atoms with E-state index in [4.69, 9.17) is 4.42 Å². The van der Waals surface area contributed by atoms with E-state index in [-0.39, 0.29) is 5.91 Å². The van der Waals surface area contributed by atoms with E-state index in [1.165, 1.54) is 6.26 Å². The Kier molecular flexibility index (Phi) is 2.97. The first-order valence-electron chi connectivity index (χ1n) is 6.64. The van der Waals surface area contributed by atoms with E-state index in [1.54, 1.807) is 12.1 Å². The summed E-state index contributed by atoms with van der Waals surface area (Å²) in [4.78, 5) is 23.8. The zero-order valence-corrected chi connectivity index (χ0v) is 10.9. The number of hydrogen-bond donors (Lipinski definition) is 2. The number of amides is 1. The van der Waals surface area contributed by atoms with Crippen LogP contribution in [-0.2, 0) is 4.79 Å². The standard InChI is InChI=1S/C15H15NO4/c17-13(16-15(14(18)19)7-3-4-8-15)11-9-20-12-6-2-1-5-10(11)12/h1-2,5-6,9H,3-4,7-8H2,(H,16,17)(H,18,19). The average molecular weight is 273 g/mol. The van der Waals surface area contributed by atoms with Crippen LogP contribution in [0.2, 0.25) is 0 Å². The maximum absolute atomic E-state index is 12.4. The molecule has 5 nitrogen and oxygen atoms in total. The lowest BCUT2D eigenvalue weighted by Crippen LogP contribution is -2.52. The van der Waals surface area contributed by atoms with Gasteiger partial charge in [0.05, 0.1) is 5.56 Å². The molecule has 5 heteroatoms. The average Bonchev–Trinajstić information content (AvgIpc) is 3.05. The van der Waals surface area contributed by atoms with Crippen molar-refractivity contribution in [2.45, 2.75) is 31.2 Å². The van der Waals surface area contributed by atoms with Crippen LogP contribution >= 0.6 is 0 Å². The van der Waals surface area contributed by atoms with E-state index in [1.807, 2.05) is 12.1 Å². The molecular formula is C15H15NO4. The third-order valence-corrected chi connectivity index (χ3v) is 3.94. The van der Waals surface area contributed by atoms with Gasteiger partial charge in [-0.1, -0.05) is 31.0 Å². The summed E-state index contributed by atoms with van der Waals surface area (Å²) < 4.78 is 5.32. The number of carbonyl (C=O) groups is 2. The first-order chi connectivity index (χ1) is 9.62. The van der Waals surface area contributed by atoms with Gasteiger partial charge in [0, 0.05) is 5.39 Å². The van der Waals surface area contributed by atoms with Gasteiger partial charge in [0.1, 0.15) is 17.4 Å². The van der Waals surface area contributed by atoms with E-state index < -0.39 is 11.5 Å². The zero-order chi connectivity index (χ0) is 14.2. The third-order valence-electron chi connectivity index (χ3n) is 3.94. The normalized spacial score (nSPS) is 17.2. The van der Waals surface area contributed by atoms with Crippen LogP contribution in [0.3, 0.4) is 0 Å². The van der Waals surface area contributed by atoms with Crippen molar-refractivity contribution in [1.82, 2.24) is 5.32 Å². The summed E-state index contributed by atoms with van der Waals surface area (Å²) in [7, 11) is 0. The highest BCUT2D eigenvalue weighted by molar-refractivity contribution is 6.07. The Labute approximate surface area is 115 Å². The van der Waals surface area contributed by atoms with E-state index in [0.717, 1.165) is 12.8 Å². The van der Waals surface area contributed by atoms with Gasteiger partial charge in [0.2, 0.25) is 0 Å². The molecule has 2 aromatic rings. The van der Waals surface area contributed by atoms with Gasteiger partial charge >= 0.3 is 5.97 Å². The largest absolute Gasteiger partial charge is 0.480 e. The molecule has 2 N–H and O–H groups in total. The molecule has 3 rings (SSSR count). The molecule has 1 aliphatic carbocycles. The molecule has 1 aliphatic rings. The lowest BCUT2D eigenvalue weighted by atomic mass is 9.97. The molecule has 0 unspecified atom stereocenters. The minimum absolute atomic E-state index is 0.383. The molecule has 1 aromatic heterocycles. The Morgan fingerprint density at radius 2 is 1.90 bits per heavy atom. The van der Waals surface area contributed by atoms with E-state index in [2.05, 4.69) is 5.32 Å². The Bertz CT molecular complexity index is 667. The molecule has 0 radical (unpaired) electrons. The van der Waals surface area contributed by atoms with E-state index >= 15 is 0 Å². The zero-order valence-electron chi connectivity index (χ0n) is 10.9. The molecule has 20 heavy (non-hydrogen) atoms. The van der Waals surface area contributed by atoms with Crippen LogP contribution in [0.5, 0.6) is 0 Å². The summed E-state index contributed by atoms with van der Waals surface area (Å²) in [5.74, 6) is -1.35. The summed E-state index contributed by atoms with van der Waals surface area (Å²) in [5, 5.41) is 12.8. The van der Waals surface area contributed by atoms with Crippen molar-refractivity contribution in [3.05, 3.63) is 36.1 Å². The molecule has 0 bridgehead atoms. The number of nitrogens with one attached hydrogen (secondary N) is 1. The molecule has 1 fully saturated rings. The molecule has 1 heterocycles. The molecule has 104 valence electrons. The Morgan fingerprint density at radius 1 is 1.20 bits per heavy atom. The van der Waals surface area contributed by atoms with Gasteiger partial charge in [-0.2, -0.15) is 0 Å². The fourth-order valence-electron chi connectivity index (χ4n) is 2.81. The molecule has 1 aromatic carbocycles. The maximum atomic E-state index is 12.4. The van der Waals surface area contributed by atoms with Gasteiger partial charge in [0.15, 0.2) is 0 Å². The van der Waals surface area contributed by atoms with Crippen LogP contribution in [0.1, 0.15) is 36.0 Å². The third kappa shape index (κ3) is 1.95. The van der Waals surface area contributed by atoms with Crippen molar-refractivity contribution in [1.29, 1.82) is 0 Å². The molecule has 0 atom stereocenters. The molecule has 1 saturated carbocycles. The summed E-state index contributed by atoms with van der Waals surface area (Å²) in [5.41, 5.74) is -0.128. The minimum Gasteiger partial charge on any atom is -0.480 e. The minimum atomic E-state index is -1.13. The number of aliphatic carboxylic acids is 1. The monoisotopic (exact) mass is 273 g/mol. The van der Waals surface area contributed by atoms with E-state index in [0.29, 0.717) is 29.4 Å². The highest BCUT2D eigenvalue weighted by Gasteiger charge is 2.43. The quantitative estimate of drug-likeness (QED) is 0.900. The second-order valence-corrected chi connectivity index (χ2v) is 5.19. The van der Waals surface area contributed by atoms with Crippen LogP contribution in [0.25, 0.3) is 11.0 Å². The van der Waals surface area contributed by atoms with Crippen LogP contribution in [0.4, 0.5) is 0 Å². The number of carboxylic acid groups (broad SMARTS) is 1.